The Bertz CT molecular complexity index is 1270. The molecule has 0 radical (unpaired) electrons. The fraction of sp³-hybridized carbons (Fsp3) is 0.250. The maximum atomic E-state index is 14.2. The monoisotopic (exact) mass is 468 g/mol. The maximum absolute atomic E-state index is 14.2. The van der Waals surface area contributed by atoms with E-state index in [4.69, 9.17) is 4.74 Å². The molecule has 2 heterocycles. The number of benzene rings is 2. The van der Waals surface area contributed by atoms with Gasteiger partial charge in [-0.25, -0.2) is 18.4 Å². The van der Waals surface area contributed by atoms with Gasteiger partial charge in [-0.2, -0.15) is 0 Å². The Balaban J connectivity index is 1.65. The van der Waals surface area contributed by atoms with Crippen LogP contribution in [-0.4, -0.2) is 39.5 Å². The number of rotatable bonds is 4. The van der Waals surface area contributed by atoms with Gasteiger partial charge in [-0.15, -0.1) is 10.2 Å². The van der Waals surface area contributed by atoms with Gasteiger partial charge in [0.05, 0.1) is 16.9 Å². The number of carboxylic acid groups (broad SMARTS) is 1. The van der Waals surface area contributed by atoms with Crippen LogP contribution >= 0.6 is 0 Å². The van der Waals surface area contributed by atoms with Crippen LogP contribution in [0.25, 0.3) is 11.3 Å². The normalized spacial score (nSPS) is 12.9. The molecule has 0 aliphatic carbocycles. The number of halogens is 2. The number of anilines is 3. The van der Waals surface area contributed by atoms with Crippen LogP contribution in [0.5, 0.6) is 0 Å². The van der Waals surface area contributed by atoms with Crippen LogP contribution in [0.2, 0.25) is 0 Å². The zero-order chi connectivity index (χ0) is 24.6. The molecule has 34 heavy (non-hydrogen) atoms. The summed E-state index contributed by atoms with van der Waals surface area (Å²) in [5.41, 5.74) is 0.490. The first-order valence-corrected chi connectivity index (χ1v) is 10.5. The molecule has 0 atom stereocenters. The van der Waals surface area contributed by atoms with Crippen molar-refractivity contribution in [3.8, 4) is 11.3 Å². The van der Waals surface area contributed by atoms with E-state index in [0.717, 1.165) is 17.7 Å². The Kier molecular flexibility index (Phi) is 5.90. The number of hydrogen-bond acceptors (Lipinski definition) is 6. The van der Waals surface area contributed by atoms with Gasteiger partial charge in [0.15, 0.2) is 5.69 Å². The van der Waals surface area contributed by atoms with Crippen molar-refractivity contribution < 1.29 is 28.2 Å². The van der Waals surface area contributed by atoms with Gasteiger partial charge in [-0.3, -0.25) is 4.90 Å². The van der Waals surface area contributed by atoms with Gasteiger partial charge in [0, 0.05) is 12.2 Å². The van der Waals surface area contributed by atoms with E-state index in [2.05, 4.69) is 15.5 Å². The summed E-state index contributed by atoms with van der Waals surface area (Å²) in [7, 11) is 0. The molecule has 176 valence electrons. The molecule has 0 spiro atoms. The summed E-state index contributed by atoms with van der Waals surface area (Å²) < 4.78 is 33.9. The van der Waals surface area contributed by atoms with Gasteiger partial charge in [-0.1, -0.05) is 6.07 Å². The third-order valence-electron chi connectivity index (χ3n) is 5.08. The lowest BCUT2D eigenvalue weighted by atomic mass is 10.1. The molecule has 4 rings (SSSR count). The summed E-state index contributed by atoms with van der Waals surface area (Å²) >= 11 is 0. The number of hydrogen-bond donors (Lipinski definition) is 2. The van der Waals surface area contributed by atoms with E-state index < -0.39 is 40.6 Å². The highest BCUT2D eigenvalue weighted by Gasteiger charge is 2.29. The predicted octanol–water partition coefficient (Wildman–Crippen LogP) is 5.16. The molecule has 8 nitrogen and oxygen atoms in total. The van der Waals surface area contributed by atoms with E-state index in [0.29, 0.717) is 24.3 Å². The fourth-order valence-electron chi connectivity index (χ4n) is 3.65. The quantitative estimate of drug-likeness (QED) is 0.545. The lowest BCUT2D eigenvalue weighted by Crippen LogP contribution is -2.35. The van der Waals surface area contributed by atoms with Crippen molar-refractivity contribution in [2.24, 2.45) is 0 Å². The zero-order valence-corrected chi connectivity index (χ0v) is 18.7. The number of ether oxygens (including phenoxy) is 1. The average molecular weight is 468 g/mol. The van der Waals surface area contributed by atoms with E-state index in [-0.39, 0.29) is 11.4 Å². The van der Waals surface area contributed by atoms with Crippen LogP contribution in [0.15, 0.2) is 42.5 Å². The lowest BCUT2D eigenvalue weighted by molar-refractivity contribution is 0.0583. The standard InChI is InChI=1S/C24H22F2N4O4/c1-24(2,3)34-23(33)30-10-9-13-11-14(7-8-19(13)30)27-18-12-17(28-29-21(18)22(31)32)20-15(25)5-4-6-16(20)26/h4-8,11-12H,9-10H2,1-3H3,(H,27,28)(H,31,32). The van der Waals surface area contributed by atoms with Crippen LogP contribution in [0.1, 0.15) is 36.8 Å². The van der Waals surface area contributed by atoms with Gasteiger partial charge < -0.3 is 15.2 Å². The highest BCUT2D eigenvalue weighted by Crippen LogP contribution is 2.34. The molecule has 1 amide bonds. The number of nitrogens with zero attached hydrogens (tertiary/aromatic N) is 3. The second-order valence-corrected chi connectivity index (χ2v) is 8.74. The Hall–Kier alpha value is -4.08. The van der Waals surface area contributed by atoms with E-state index in [1.165, 1.54) is 12.1 Å². The highest BCUT2D eigenvalue weighted by molar-refractivity contribution is 5.94. The summed E-state index contributed by atoms with van der Waals surface area (Å²) in [5, 5.41) is 19.8. The second kappa shape index (κ2) is 8.69. The zero-order valence-electron chi connectivity index (χ0n) is 18.7. The van der Waals surface area contributed by atoms with Crippen molar-refractivity contribution in [2.75, 3.05) is 16.8 Å². The van der Waals surface area contributed by atoms with E-state index in [1.54, 1.807) is 43.9 Å². The average Bonchev–Trinajstić information content (AvgIpc) is 3.16. The molecule has 0 fully saturated rings. The van der Waals surface area contributed by atoms with Crippen molar-refractivity contribution in [3.63, 3.8) is 0 Å². The van der Waals surface area contributed by atoms with Gasteiger partial charge in [0.25, 0.3) is 0 Å². The van der Waals surface area contributed by atoms with Crippen molar-refractivity contribution in [2.45, 2.75) is 32.8 Å². The van der Waals surface area contributed by atoms with E-state index in [9.17, 15) is 23.5 Å². The molecule has 0 unspecified atom stereocenters. The predicted molar refractivity (Wildman–Crippen MR) is 121 cm³/mol. The summed E-state index contributed by atoms with van der Waals surface area (Å²) in [6, 6.07) is 9.77. The lowest BCUT2D eigenvalue weighted by Gasteiger charge is -2.24. The first-order valence-electron chi connectivity index (χ1n) is 10.5. The SMILES string of the molecule is CC(C)(C)OC(=O)N1CCc2cc(Nc3cc(-c4c(F)cccc4F)nnc3C(=O)O)ccc21. The molecule has 10 heteroatoms. The molecule has 1 aliphatic heterocycles. The number of nitrogens with one attached hydrogen (secondary N) is 1. The molecule has 0 bridgehead atoms. The smallest absolute Gasteiger partial charge is 0.414 e. The van der Waals surface area contributed by atoms with Crippen molar-refractivity contribution in [1.82, 2.24) is 10.2 Å². The van der Waals surface area contributed by atoms with Gasteiger partial charge in [0.2, 0.25) is 0 Å². The number of fused-ring (bicyclic) bond motifs is 1. The molecule has 3 aromatic rings. The van der Waals surface area contributed by atoms with Crippen molar-refractivity contribution in [1.29, 1.82) is 0 Å². The second-order valence-electron chi connectivity index (χ2n) is 8.74. The van der Waals surface area contributed by atoms with Crippen LogP contribution in [0, 0.1) is 11.6 Å². The van der Waals surface area contributed by atoms with E-state index >= 15 is 0 Å². The summed E-state index contributed by atoms with van der Waals surface area (Å²) in [6.07, 6.45) is 0.130. The third-order valence-corrected chi connectivity index (χ3v) is 5.08. The molecule has 2 N–H and O–H groups in total. The van der Waals surface area contributed by atoms with Crippen molar-refractivity contribution in [3.05, 3.63) is 65.4 Å². The molecule has 0 saturated heterocycles. The first kappa shape index (κ1) is 23.1. The summed E-state index contributed by atoms with van der Waals surface area (Å²) in [6.45, 7) is 5.82. The minimum Gasteiger partial charge on any atom is -0.476 e. The van der Waals surface area contributed by atoms with Crippen LogP contribution < -0.4 is 10.2 Å². The number of aromatic nitrogens is 2. The topological polar surface area (TPSA) is 105 Å². The molecular weight excluding hydrogens is 446 g/mol. The number of carboxylic acids is 1. The number of aromatic carboxylic acids is 1. The van der Waals surface area contributed by atoms with Gasteiger partial charge in [0.1, 0.15) is 22.9 Å². The molecular formula is C24H22F2N4O4. The van der Waals surface area contributed by atoms with Gasteiger partial charge in [-0.05, 0) is 69.2 Å². The molecule has 1 aromatic heterocycles. The first-order chi connectivity index (χ1) is 16.0. The van der Waals surface area contributed by atoms with E-state index in [1.807, 2.05) is 0 Å². The summed E-state index contributed by atoms with van der Waals surface area (Å²) in [5.74, 6) is -3.04. The largest absolute Gasteiger partial charge is 0.476 e. The minimum absolute atomic E-state index is 0.0158. The number of carbonyl (C=O) groups is 2. The van der Waals surface area contributed by atoms with Crippen LogP contribution in [0.3, 0.4) is 0 Å². The number of amides is 1. The van der Waals surface area contributed by atoms with Crippen molar-refractivity contribution >= 4 is 29.1 Å². The number of carbonyl (C=O) groups excluding carboxylic acids is 1. The maximum Gasteiger partial charge on any atom is 0.414 e. The van der Waals surface area contributed by atoms with Crippen LogP contribution in [-0.2, 0) is 11.2 Å². The van der Waals surface area contributed by atoms with Crippen LogP contribution in [0.4, 0.5) is 30.6 Å². The summed E-state index contributed by atoms with van der Waals surface area (Å²) in [4.78, 5) is 25.7. The molecule has 1 aliphatic rings. The fourth-order valence-corrected chi connectivity index (χ4v) is 3.65. The van der Waals surface area contributed by atoms with Gasteiger partial charge >= 0.3 is 12.1 Å². The Morgan fingerprint density at radius 3 is 2.44 bits per heavy atom. The third kappa shape index (κ3) is 4.66. The Morgan fingerprint density at radius 2 is 1.79 bits per heavy atom. The molecule has 2 aromatic carbocycles. The molecule has 0 saturated carbocycles. The minimum atomic E-state index is -1.35. The Morgan fingerprint density at radius 1 is 1.09 bits per heavy atom. The Labute approximate surface area is 194 Å². The highest BCUT2D eigenvalue weighted by atomic mass is 19.1.